The number of benzene rings is 2. The Labute approximate surface area is 175 Å². The van der Waals surface area contributed by atoms with Gasteiger partial charge in [0.25, 0.3) is 5.91 Å². The fourth-order valence-corrected chi connectivity index (χ4v) is 3.31. The minimum Gasteiger partial charge on any atom is -0.497 e. The molecule has 0 atom stereocenters. The fraction of sp³-hybridized carbons (Fsp3) is 0.100. The molecule has 0 saturated heterocycles. The topological polar surface area (TPSA) is 125 Å². The highest BCUT2D eigenvalue weighted by Gasteiger charge is 2.21. The van der Waals surface area contributed by atoms with Crippen LogP contribution < -0.4 is 20.9 Å². The van der Waals surface area contributed by atoms with Crippen molar-refractivity contribution in [3.63, 3.8) is 0 Å². The number of halogens is 1. The predicted octanol–water partition coefficient (Wildman–Crippen LogP) is 2.55. The number of primary amides is 1. The summed E-state index contributed by atoms with van der Waals surface area (Å²) in [5.74, 6) is 0.349. The Hall–Kier alpha value is -3.85. The number of hydrogen-bond acceptors (Lipinski definition) is 6. The molecule has 2 aromatic heterocycles. The molecule has 0 aliphatic rings. The molecule has 0 radical (unpaired) electrons. The van der Waals surface area contributed by atoms with Crippen LogP contribution >= 0.6 is 11.6 Å². The third-order valence-corrected chi connectivity index (χ3v) is 4.72. The van der Waals surface area contributed by atoms with E-state index in [-0.39, 0.29) is 22.7 Å². The van der Waals surface area contributed by atoms with Crippen LogP contribution in [0, 0.1) is 0 Å². The van der Waals surface area contributed by atoms with Crippen molar-refractivity contribution < 1.29 is 14.3 Å². The summed E-state index contributed by atoms with van der Waals surface area (Å²) >= 11 is 6.08. The maximum absolute atomic E-state index is 12.7. The van der Waals surface area contributed by atoms with Crippen LogP contribution in [0.1, 0.15) is 10.5 Å². The molecule has 30 heavy (non-hydrogen) atoms. The number of nitrogens with zero attached hydrogens (tertiary/aromatic N) is 3. The average molecular weight is 426 g/mol. The van der Waals surface area contributed by atoms with E-state index in [4.69, 9.17) is 26.8 Å². The fourth-order valence-electron chi connectivity index (χ4n) is 3.12. The number of imidazole rings is 1. The van der Waals surface area contributed by atoms with Gasteiger partial charge in [-0.2, -0.15) is 0 Å². The number of carbonyl (C=O) groups excluding carboxylic acids is 1. The van der Waals surface area contributed by atoms with Crippen molar-refractivity contribution in [2.75, 3.05) is 14.2 Å². The number of ether oxygens (including phenoxy) is 2. The predicted molar refractivity (Wildman–Crippen MR) is 112 cm³/mol. The van der Waals surface area contributed by atoms with Crippen molar-refractivity contribution >= 4 is 28.7 Å². The molecular formula is C20H16ClN5O4. The van der Waals surface area contributed by atoms with E-state index in [0.717, 1.165) is 0 Å². The van der Waals surface area contributed by atoms with Crippen molar-refractivity contribution in [1.29, 1.82) is 0 Å². The van der Waals surface area contributed by atoms with E-state index >= 15 is 0 Å². The average Bonchev–Trinajstić information content (AvgIpc) is 3.07. The number of hydrogen-bond donors (Lipinski definition) is 2. The van der Waals surface area contributed by atoms with Crippen molar-refractivity contribution in [2.45, 2.75) is 0 Å². The third kappa shape index (κ3) is 3.25. The lowest BCUT2D eigenvalue weighted by atomic mass is 10.1. The van der Waals surface area contributed by atoms with Gasteiger partial charge in [0.2, 0.25) is 0 Å². The summed E-state index contributed by atoms with van der Waals surface area (Å²) in [4.78, 5) is 36.2. The van der Waals surface area contributed by atoms with E-state index in [1.54, 1.807) is 42.5 Å². The Kier molecular flexibility index (Phi) is 4.88. The van der Waals surface area contributed by atoms with Gasteiger partial charge in [0, 0.05) is 11.1 Å². The molecule has 0 spiro atoms. The molecule has 3 N–H and O–H groups in total. The van der Waals surface area contributed by atoms with Gasteiger partial charge in [-0.05, 0) is 30.3 Å². The maximum atomic E-state index is 12.7. The second-order valence-electron chi connectivity index (χ2n) is 6.27. The van der Waals surface area contributed by atoms with Crippen molar-refractivity contribution in [3.8, 4) is 28.6 Å². The molecule has 9 nitrogen and oxygen atoms in total. The molecule has 0 fully saturated rings. The molecule has 0 bridgehead atoms. The summed E-state index contributed by atoms with van der Waals surface area (Å²) in [5.41, 5.74) is 6.18. The van der Waals surface area contributed by atoms with Gasteiger partial charge >= 0.3 is 5.69 Å². The number of nitrogens with two attached hydrogens (primary N) is 1. The molecule has 0 saturated carbocycles. The first kappa shape index (κ1) is 19.5. The lowest BCUT2D eigenvalue weighted by molar-refractivity contribution is 0.0997. The smallest absolute Gasteiger partial charge is 0.332 e. The molecule has 4 aromatic rings. The summed E-state index contributed by atoms with van der Waals surface area (Å²) < 4.78 is 11.9. The van der Waals surface area contributed by atoms with E-state index in [9.17, 15) is 9.59 Å². The second-order valence-corrected chi connectivity index (χ2v) is 6.71. The number of methoxy groups -OCH3 is 2. The molecule has 152 valence electrons. The van der Waals surface area contributed by atoms with Crippen molar-refractivity contribution in [3.05, 3.63) is 63.7 Å². The van der Waals surface area contributed by atoms with Crippen LogP contribution in [-0.4, -0.2) is 39.6 Å². The first-order valence-electron chi connectivity index (χ1n) is 8.74. The number of aromatic nitrogens is 4. The second kappa shape index (κ2) is 7.53. The van der Waals surface area contributed by atoms with Gasteiger partial charge < -0.3 is 20.2 Å². The highest BCUT2D eigenvalue weighted by Crippen LogP contribution is 2.32. The zero-order valence-corrected chi connectivity index (χ0v) is 16.7. The van der Waals surface area contributed by atoms with Gasteiger partial charge in [0.05, 0.1) is 25.5 Å². The van der Waals surface area contributed by atoms with E-state index in [1.165, 1.54) is 18.8 Å². The van der Waals surface area contributed by atoms with Crippen LogP contribution in [0.15, 0.2) is 47.3 Å². The van der Waals surface area contributed by atoms with Crippen LogP contribution in [0.3, 0.4) is 0 Å². The molecule has 0 aliphatic carbocycles. The highest BCUT2D eigenvalue weighted by molar-refractivity contribution is 6.30. The molecule has 0 aliphatic heterocycles. The molecule has 2 heterocycles. The van der Waals surface area contributed by atoms with Crippen LogP contribution in [0.25, 0.3) is 28.2 Å². The Morgan fingerprint density at radius 1 is 1.13 bits per heavy atom. The largest absolute Gasteiger partial charge is 0.497 e. The van der Waals surface area contributed by atoms with Crippen molar-refractivity contribution in [2.24, 2.45) is 5.73 Å². The third-order valence-electron chi connectivity index (χ3n) is 4.49. The maximum Gasteiger partial charge on any atom is 0.332 e. The van der Waals surface area contributed by atoms with Crippen LogP contribution in [-0.2, 0) is 0 Å². The Bertz CT molecular complexity index is 1350. The normalized spacial score (nSPS) is 10.9. The summed E-state index contributed by atoms with van der Waals surface area (Å²) in [5, 5.41) is 0.440. The lowest BCUT2D eigenvalue weighted by Gasteiger charge is -2.11. The van der Waals surface area contributed by atoms with Gasteiger partial charge in [-0.1, -0.05) is 17.7 Å². The molecule has 2 aromatic carbocycles. The molecular weight excluding hydrogens is 410 g/mol. The molecule has 0 unspecified atom stereocenters. The lowest BCUT2D eigenvalue weighted by Crippen LogP contribution is -2.15. The number of H-pyrrole nitrogens is 1. The first-order chi connectivity index (χ1) is 14.4. The van der Waals surface area contributed by atoms with Gasteiger partial charge in [-0.15, -0.1) is 0 Å². The Morgan fingerprint density at radius 2 is 1.93 bits per heavy atom. The van der Waals surface area contributed by atoms with Gasteiger partial charge in [0.1, 0.15) is 17.0 Å². The van der Waals surface area contributed by atoms with Crippen LogP contribution in [0.4, 0.5) is 0 Å². The summed E-state index contributed by atoms with van der Waals surface area (Å²) in [7, 11) is 3.02. The Morgan fingerprint density at radius 3 is 2.60 bits per heavy atom. The molecule has 1 amide bonds. The molecule has 10 heteroatoms. The zero-order valence-electron chi connectivity index (χ0n) is 16.0. The van der Waals surface area contributed by atoms with Gasteiger partial charge in [0.15, 0.2) is 17.2 Å². The van der Waals surface area contributed by atoms with Crippen LogP contribution in [0.5, 0.6) is 11.5 Å². The van der Waals surface area contributed by atoms with E-state index in [1.807, 2.05) is 0 Å². The number of aromatic amines is 1. The quantitative estimate of drug-likeness (QED) is 0.506. The van der Waals surface area contributed by atoms with E-state index in [0.29, 0.717) is 27.8 Å². The summed E-state index contributed by atoms with van der Waals surface area (Å²) in [6.07, 6.45) is 0. The minimum atomic E-state index is -0.810. The zero-order chi connectivity index (χ0) is 21.4. The van der Waals surface area contributed by atoms with Gasteiger partial charge in [-0.25, -0.2) is 19.3 Å². The van der Waals surface area contributed by atoms with E-state index in [2.05, 4.69) is 15.0 Å². The SMILES string of the molecule is COc1ccc(-c2nc(C(N)=O)c3[nH]c(=O)n(-c4cccc(Cl)c4)c3n2)c(OC)c1. The number of nitrogens with one attached hydrogen (secondary N) is 1. The van der Waals surface area contributed by atoms with Gasteiger partial charge in [-0.3, -0.25) is 4.79 Å². The number of fused-ring (bicyclic) bond motifs is 1. The number of carbonyl (C=O) groups is 1. The minimum absolute atomic E-state index is 0.120. The van der Waals surface area contributed by atoms with Crippen molar-refractivity contribution in [1.82, 2.24) is 19.5 Å². The Balaban J connectivity index is 2.05. The number of amides is 1. The number of rotatable bonds is 5. The summed E-state index contributed by atoms with van der Waals surface area (Å²) in [6, 6.07) is 11.7. The van der Waals surface area contributed by atoms with Crippen LogP contribution in [0.2, 0.25) is 5.02 Å². The van der Waals surface area contributed by atoms with E-state index < -0.39 is 11.6 Å². The summed E-state index contributed by atoms with van der Waals surface area (Å²) in [6.45, 7) is 0. The first-order valence-corrected chi connectivity index (χ1v) is 9.11. The monoisotopic (exact) mass is 425 g/mol. The molecule has 4 rings (SSSR count). The highest BCUT2D eigenvalue weighted by atomic mass is 35.5. The standard InChI is InChI=1S/C20H16ClN5O4/c1-29-12-6-7-13(14(9-12)30-2)18-23-15(17(22)27)16-19(25-18)26(20(28)24-16)11-5-3-4-10(21)8-11/h3-9H,1-2H3,(H2,22,27)(H,24,28).